The number of piperidine rings is 1. The molecule has 1 saturated heterocycles. The van der Waals surface area contributed by atoms with Crippen molar-refractivity contribution in [3.05, 3.63) is 54.4 Å². The Labute approximate surface area is 180 Å². The molecule has 0 spiro atoms. The first-order valence-electron chi connectivity index (χ1n) is 10.2. The molecule has 31 heavy (non-hydrogen) atoms. The van der Waals surface area contributed by atoms with E-state index in [1.54, 1.807) is 61.0 Å². The fourth-order valence-electron chi connectivity index (χ4n) is 4.76. The quantitative estimate of drug-likeness (QED) is 0.576. The van der Waals surface area contributed by atoms with Crippen molar-refractivity contribution < 1.29 is 22.4 Å². The summed E-state index contributed by atoms with van der Waals surface area (Å²) >= 11 is 0. The third kappa shape index (κ3) is 3.28. The zero-order valence-electron chi connectivity index (χ0n) is 17.3. The van der Waals surface area contributed by atoms with Crippen molar-refractivity contribution in [2.45, 2.75) is 36.2 Å². The van der Waals surface area contributed by atoms with Crippen molar-refractivity contribution in [1.82, 2.24) is 14.4 Å². The van der Waals surface area contributed by atoms with Crippen LogP contribution in [0.15, 0.2) is 57.9 Å². The standard InChI is InChI=1S/C22H23N3O5S/c1-28-18-11-9-15(13-19(18)29-2)21-23-22(30-24-21)20-14-8-10-16(12-14)25(20)31(26,27)17-6-4-3-5-7-17/h3-7,9,11,13-14,16,20H,8,10,12H2,1-2H3/t14-,16+,20-/m0/s1. The highest BCUT2D eigenvalue weighted by Crippen LogP contribution is 2.52. The van der Waals surface area contributed by atoms with E-state index in [4.69, 9.17) is 14.0 Å². The van der Waals surface area contributed by atoms with E-state index in [1.807, 2.05) is 6.07 Å². The Morgan fingerprint density at radius 1 is 1.03 bits per heavy atom. The lowest BCUT2D eigenvalue weighted by atomic mass is 10.00. The van der Waals surface area contributed by atoms with Gasteiger partial charge in [-0.25, -0.2) is 8.42 Å². The molecule has 0 unspecified atom stereocenters. The van der Waals surface area contributed by atoms with Crippen molar-refractivity contribution in [3.63, 3.8) is 0 Å². The van der Waals surface area contributed by atoms with Crippen molar-refractivity contribution >= 4 is 10.0 Å². The van der Waals surface area contributed by atoms with Crippen molar-refractivity contribution in [2.24, 2.45) is 5.92 Å². The van der Waals surface area contributed by atoms with E-state index in [2.05, 4.69) is 10.1 Å². The molecule has 3 aromatic rings. The van der Waals surface area contributed by atoms with E-state index in [0.29, 0.717) is 28.8 Å². The lowest BCUT2D eigenvalue weighted by Gasteiger charge is -2.32. The minimum absolute atomic E-state index is 0.0448. The number of hydrogen-bond acceptors (Lipinski definition) is 7. The Kier molecular flexibility index (Phi) is 4.94. The van der Waals surface area contributed by atoms with Crippen LogP contribution in [0.1, 0.15) is 31.2 Å². The van der Waals surface area contributed by atoms with Gasteiger partial charge in [0.1, 0.15) is 6.04 Å². The predicted molar refractivity (Wildman–Crippen MR) is 112 cm³/mol. The molecule has 8 nitrogen and oxygen atoms in total. The molecule has 9 heteroatoms. The molecule has 2 heterocycles. The van der Waals surface area contributed by atoms with Crippen LogP contribution in [-0.2, 0) is 10.0 Å². The minimum atomic E-state index is -3.67. The third-order valence-electron chi connectivity index (χ3n) is 6.18. The van der Waals surface area contributed by atoms with Gasteiger partial charge in [-0.3, -0.25) is 0 Å². The molecule has 162 valence electrons. The van der Waals surface area contributed by atoms with Gasteiger partial charge in [-0.15, -0.1) is 0 Å². The Bertz CT molecular complexity index is 1190. The second-order valence-corrected chi connectivity index (χ2v) is 9.69. The molecule has 0 amide bonds. The fourth-order valence-corrected chi connectivity index (χ4v) is 6.65. The average Bonchev–Trinajstić information content (AvgIpc) is 3.55. The first-order chi connectivity index (χ1) is 15.0. The van der Waals surface area contributed by atoms with E-state index in [1.165, 1.54) is 0 Å². The molecule has 2 aromatic carbocycles. The van der Waals surface area contributed by atoms with Crippen molar-refractivity contribution in [3.8, 4) is 22.9 Å². The zero-order chi connectivity index (χ0) is 21.6. The highest BCUT2D eigenvalue weighted by molar-refractivity contribution is 7.89. The van der Waals surface area contributed by atoms with Gasteiger partial charge in [0.2, 0.25) is 21.7 Å². The number of benzene rings is 2. The molecule has 1 aliphatic carbocycles. The molecule has 2 fully saturated rings. The number of nitrogens with zero attached hydrogens (tertiary/aromatic N) is 3. The van der Waals surface area contributed by atoms with Crippen LogP contribution in [0.2, 0.25) is 0 Å². The van der Waals surface area contributed by atoms with E-state index in [-0.39, 0.29) is 16.9 Å². The fraction of sp³-hybridized carbons (Fsp3) is 0.364. The molecule has 0 radical (unpaired) electrons. The van der Waals surface area contributed by atoms with Crippen molar-refractivity contribution in [1.29, 1.82) is 0 Å². The molecule has 5 rings (SSSR count). The summed E-state index contributed by atoms with van der Waals surface area (Å²) in [6, 6.07) is 13.4. The van der Waals surface area contributed by atoms with Crippen LogP contribution < -0.4 is 9.47 Å². The zero-order valence-corrected chi connectivity index (χ0v) is 18.1. The Morgan fingerprint density at radius 3 is 2.55 bits per heavy atom. The van der Waals surface area contributed by atoms with Crippen LogP contribution in [-0.4, -0.2) is 43.1 Å². The number of sulfonamides is 1. The van der Waals surface area contributed by atoms with Gasteiger partial charge in [-0.05, 0) is 55.5 Å². The highest BCUT2D eigenvalue weighted by atomic mass is 32.2. The summed E-state index contributed by atoms with van der Waals surface area (Å²) in [4.78, 5) is 4.87. The van der Waals surface area contributed by atoms with Gasteiger partial charge in [0.15, 0.2) is 11.5 Å². The number of hydrogen-bond donors (Lipinski definition) is 0. The summed E-state index contributed by atoms with van der Waals surface area (Å²) in [5.74, 6) is 2.04. The second-order valence-electron chi connectivity index (χ2n) is 7.85. The molecule has 3 atom stereocenters. The summed E-state index contributed by atoms with van der Waals surface area (Å²) in [7, 11) is -0.542. The van der Waals surface area contributed by atoms with Gasteiger partial charge in [0, 0.05) is 11.6 Å². The molecular weight excluding hydrogens is 418 g/mol. The summed E-state index contributed by atoms with van der Waals surface area (Å²) in [5, 5.41) is 4.13. The topological polar surface area (TPSA) is 94.8 Å². The first kappa shape index (κ1) is 20.0. The second kappa shape index (κ2) is 7.65. The Balaban J connectivity index is 1.51. The van der Waals surface area contributed by atoms with E-state index < -0.39 is 16.1 Å². The third-order valence-corrected chi connectivity index (χ3v) is 8.13. The van der Waals surface area contributed by atoms with Gasteiger partial charge < -0.3 is 14.0 Å². The maximum Gasteiger partial charge on any atom is 0.245 e. The minimum Gasteiger partial charge on any atom is -0.493 e. The normalized spacial score (nSPS) is 23.2. The first-order valence-corrected chi connectivity index (χ1v) is 11.6. The maximum atomic E-state index is 13.4. The largest absolute Gasteiger partial charge is 0.493 e. The number of methoxy groups -OCH3 is 2. The molecular formula is C22H23N3O5S. The summed E-state index contributed by atoms with van der Waals surface area (Å²) in [6.45, 7) is 0. The van der Waals surface area contributed by atoms with Gasteiger partial charge in [0.25, 0.3) is 0 Å². The van der Waals surface area contributed by atoms with E-state index >= 15 is 0 Å². The lowest BCUT2D eigenvalue weighted by molar-refractivity contribution is 0.197. The van der Waals surface area contributed by atoms with Gasteiger partial charge in [-0.2, -0.15) is 9.29 Å². The Morgan fingerprint density at radius 2 is 1.81 bits per heavy atom. The van der Waals surface area contributed by atoms with E-state index in [0.717, 1.165) is 19.3 Å². The smallest absolute Gasteiger partial charge is 0.245 e. The molecule has 2 bridgehead atoms. The number of aromatic nitrogens is 2. The van der Waals surface area contributed by atoms with Crippen LogP contribution in [0, 0.1) is 5.92 Å². The summed E-state index contributed by atoms with van der Waals surface area (Å²) < 4.78 is 44.7. The molecule has 0 N–H and O–H groups in total. The lowest BCUT2D eigenvalue weighted by Crippen LogP contribution is -2.40. The van der Waals surface area contributed by atoms with Crippen LogP contribution in [0.25, 0.3) is 11.4 Å². The average molecular weight is 442 g/mol. The van der Waals surface area contributed by atoms with Crippen LogP contribution in [0.4, 0.5) is 0 Å². The van der Waals surface area contributed by atoms with Crippen LogP contribution >= 0.6 is 0 Å². The number of ether oxygens (including phenoxy) is 2. The van der Waals surface area contributed by atoms with Gasteiger partial charge in [-0.1, -0.05) is 23.4 Å². The number of fused-ring (bicyclic) bond motifs is 2. The van der Waals surface area contributed by atoms with Crippen LogP contribution in [0.3, 0.4) is 0 Å². The highest BCUT2D eigenvalue weighted by Gasteiger charge is 2.54. The van der Waals surface area contributed by atoms with Gasteiger partial charge >= 0.3 is 0 Å². The number of rotatable bonds is 6. The van der Waals surface area contributed by atoms with E-state index in [9.17, 15) is 8.42 Å². The monoisotopic (exact) mass is 441 g/mol. The summed E-state index contributed by atoms with van der Waals surface area (Å²) in [6.07, 6.45) is 2.61. The molecule has 1 aliphatic heterocycles. The molecule has 1 aromatic heterocycles. The SMILES string of the molecule is COc1ccc(-c2noc([C@@H]3[C@H]4CC[C@H](C4)N3S(=O)(=O)c3ccccc3)n2)cc1OC. The molecule has 1 saturated carbocycles. The summed E-state index contributed by atoms with van der Waals surface area (Å²) in [5.41, 5.74) is 0.702. The van der Waals surface area contributed by atoms with Crippen LogP contribution in [0.5, 0.6) is 11.5 Å². The van der Waals surface area contributed by atoms with Gasteiger partial charge in [0.05, 0.1) is 19.1 Å². The molecule has 2 aliphatic rings. The predicted octanol–water partition coefficient (Wildman–Crippen LogP) is 3.67. The Hall–Kier alpha value is -2.91. The van der Waals surface area contributed by atoms with Crippen molar-refractivity contribution in [2.75, 3.05) is 14.2 Å². The maximum absolute atomic E-state index is 13.4.